The fraction of sp³-hybridized carbons (Fsp3) is 0.308. The van der Waals surface area contributed by atoms with Crippen LogP contribution in [0.1, 0.15) is 17.3 Å². The summed E-state index contributed by atoms with van der Waals surface area (Å²) in [6.07, 6.45) is 0. The molecule has 0 atom stereocenters. The fourth-order valence-corrected chi connectivity index (χ4v) is 2.04. The molecule has 0 fully saturated rings. The van der Waals surface area contributed by atoms with Gasteiger partial charge in [0.05, 0.1) is 11.6 Å². The van der Waals surface area contributed by atoms with Crippen molar-refractivity contribution in [2.24, 2.45) is 0 Å². The molecule has 0 unspecified atom stereocenters. The first-order chi connectivity index (χ1) is 7.95. The quantitative estimate of drug-likeness (QED) is 0.799. The van der Waals surface area contributed by atoms with Crippen molar-refractivity contribution in [3.8, 4) is 5.75 Å². The van der Waals surface area contributed by atoms with E-state index in [1.54, 1.807) is 37.3 Å². The van der Waals surface area contributed by atoms with Crippen LogP contribution in [0.3, 0.4) is 0 Å². The summed E-state index contributed by atoms with van der Waals surface area (Å²) in [6, 6.07) is 5.28. The van der Waals surface area contributed by atoms with E-state index in [0.717, 1.165) is 10.0 Å². The normalized spacial score (nSPS) is 9.88. The smallest absolute Gasteiger partial charge is 0.253 e. The average Bonchev–Trinajstić information content (AvgIpc) is 2.27. The number of amides is 1. The number of halogens is 1. The Morgan fingerprint density at radius 3 is 2.65 bits per heavy atom. The molecular formula is C13H16BrNO2. The van der Waals surface area contributed by atoms with Crippen LogP contribution < -0.4 is 4.74 Å². The van der Waals surface area contributed by atoms with Crippen LogP contribution in [0.25, 0.3) is 0 Å². The topological polar surface area (TPSA) is 29.5 Å². The highest BCUT2D eigenvalue weighted by Gasteiger charge is 2.13. The van der Waals surface area contributed by atoms with E-state index in [0.29, 0.717) is 17.9 Å². The third-order valence-electron chi connectivity index (χ3n) is 2.25. The van der Waals surface area contributed by atoms with E-state index in [-0.39, 0.29) is 5.91 Å². The SMILES string of the molecule is C=C(C)CN(C)C(=O)c1ccc(OC)c(Br)c1. The lowest BCUT2D eigenvalue weighted by Crippen LogP contribution is -2.28. The van der Waals surface area contributed by atoms with Gasteiger partial charge in [0, 0.05) is 19.2 Å². The van der Waals surface area contributed by atoms with Gasteiger partial charge in [0.15, 0.2) is 0 Å². The first-order valence-corrected chi connectivity index (χ1v) is 5.98. The van der Waals surface area contributed by atoms with Crippen molar-refractivity contribution in [3.63, 3.8) is 0 Å². The number of rotatable bonds is 4. The molecule has 92 valence electrons. The molecule has 0 aliphatic heterocycles. The minimum absolute atomic E-state index is 0.0312. The van der Waals surface area contributed by atoms with Gasteiger partial charge in [-0.05, 0) is 41.1 Å². The highest BCUT2D eigenvalue weighted by molar-refractivity contribution is 9.10. The highest BCUT2D eigenvalue weighted by atomic mass is 79.9. The van der Waals surface area contributed by atoms with Crippen molar-refractivity contribution in [1.29, 1.82) is 0 Å². The molecule has 0 radical (unpaired) electrons. The standard InChI is InChI=1S/C13H16BrNO2/c1-9(2)8-15(3)13(16)10-5-6-12(17-4)11(14)7-10/h5-7H,1,8H2,2-4H3. The monoisotopic (exact) mass is 297 g/mol. The van der Waals surface area contributed by atoms with Crippen molar-refractivity contribution in [2.45, 2.75) is 6.92 Å². The molecular weight excluding hydrogens is 282 g/mol. The van der Waals surface area contributed by atoms with Gasteiger partial charge < -0.3 is 9.64 Å². The Morgan fingerprint density at radius 1 is 1.53 bits per heavy atom. The summed E-state index contributed by atoms with van der Waals surface area (Å²) in [5, 5.41) is 0. The predicted octanol–water partition coefficient (Wildman–Crippen LogP) is 3.11. The number of hydrogen-bond acceptors (Lipinski definition) is 2. The molecule has 1 aromatic rings. The Labute approximate surface area is 110 Å². The lowest BCUT2D eigenvalue weighted by molar-refractivity contribution is 0.0807. The number of carbonyl (C=O) groups is 1. The number of carbonyl (C=O) groups excluding carboxylic acids is 1. The Morgan fingerprint density at radius 2 is 2.18 bits per heavy atom. The highest BCUT2D eigenvalue weighted by Crippen LogP contribution is 2.25. The van der Waals surface area contributed by atoms with Crippen molar-refractivity contribution < 1.29 is 9.53 Å². The number of methoxy groups -OCH3 is 1. The van der Waals surface area contributed by atoms with Gasteiger partial charge in [-0.15, -0.1) is 0 Å². The molecule has 4 heteroatoms. The largest absolute Gasteiger partial charge is 0.496 e. The minimum Gasteiger partial charge on any atom is -0.496 e. The maximum Gasteiger partial charge on any atom is 0.253 e. The second-order valence-corrected chi connectivity index (χ2v) is 4.82. The summed E-state index contributed by atoms with van der Waals surface area (Å²) < 4.78 is 5.89. The zero-order chi connectivity index (χ0) is 13.0. The van der Waals surface area contributed by atoms with E-state index >= 15 is 0 Å². The summed E-state index contributed by atoms with van der Waals surface area (Å²) in [4.78, 5) is 13.7. The van der Waals surface area contributed by atoms with Crippen molar-refractivity contribution in [1.82, 2.24) is 4.90 Å². The molecule has 0 spiro atoms. The Balaban J connectivity index is 2.89. The molecule has 0 saturated heterocycles. The van der Waals surface area contributed by atoms with Gasteiger partial charge in [-0.25, -0.2) is 0 Å². The second kappa shape index (κ2) is 5.87. The van der Waals surface area contributed by atoms with Gasteiger partial charge in [-0.1, -0.05) is 12.2 Å². The Kier molecular flexibility index (Phi) is 4.75. The van der Waals surface area contributed by atoms with Gasteiger partial charge in [0.2, 0.25) is 0 Å². The summed E-state index contributed by atoms with van der Waals surface area (Å²) in [7, 11) is 3.35. The van der Waals surface area contributed by atoms with Gasteiger partial charge in [0.1, 0.15) is 5.75 Å². The van der Waals surface area contributed by atoms with Crippen molar-refractivity contribution in [2.75, 3.05) is 20.7 Å². The first-order valence-electron chi connectivity index (χ1n) is 5.19. The molecule has 0 N–H and O–H groups in total. The van der Waals surface area contributed by atoms with Crippen LogP contribution >= 0.6 is 15.9 Å². The van der Waals surface area contributed by atoms with Crippen LogP contribution in [0.5, 0.6) is 5.75 Å². The van der Waals surface area contributed by atoms with Crippen molar-refractivity contribution >= 4 is 21.8 Å². The van der Waals surface area contributed by atoms with Crippen molar-refractivity contribution in [3.05, 3.63) is 40.4 Å². The molecule has 0 bridgehead atoms. The van der Waals surface area contributed by atoms with Gasteiger partial charge >= 0.3 is 0 Å². The predicted molar refractivity (Wildman–Crippen MR) is 72.5 cm³/mol. The number of benzene rings is 1. The molecule has 0 aliphatic rings. The zero-order valence-electron chi connectivity index (χ0n) is 10.3. The molecule has 17 heavy (non-hydrogen) atoms. The first kappa shape index (κ1) is 13.8. The van der Waals surface area contributed by atoms with Gasteiger partial charge in [-0.3, -0.25) is 4.79 Å². The lowest BCUT2D eigenvalue weighted by atomic mass is 10.2. The van der Waals surface area contributed by atoms with E-state index in [1.165, 1.54) is 0 Å². The molecule has 0 aliphatic carbocycles. The molecule has 1 aromatic carbocycles. The van der Waals surface area contributed by atoms with Crippen LogP contribution in [0.2, 0.25) is 0 Å². The van der Waals surface area contributed by atoms with Crippen LogP contribution in [0.4, 0.5) is 0 Å². The molecule has 1 rings (SSSR count). The fourth-order valence-electron chi connectivity index (χ4n) is 1.50. The molecule has 0 aromatic heterocycles. The van der Waals surface area contributed by atoms with Crippen LogP contribution in [0, 0.1) is 0 Å². The summed E-state index contributed by atoms with van der Waals surface area (Å²) in [5.41, 5.74) is 1.58. The van der Waals surface area contributed by atoms with E-state index < -0.39 is 0 Å². The van der Waals surface area contributed by atoms with Gasteiger partial charge in [-0.2, -0.15) is 0 Å². The lowest BCUT2D eigenvalue weighted by Gasteiger charge is -2.17. The van der Waals surface area contributed by atoms with E-state index in [9.17, 15) is 4.79 Å². The van der Waals surface area contributed by atoms with E-state index in [4.69, 9.17) is 4.74 Å². The van der Waals surface area contributed by atoms with Crippen LogP contribution in [0.15, 0.2) is 34.8 Å². The van der Waals surface area contributed by atoms with E-state index in [2.05, 4.69) is 22.5 Å². The number of nitrogens with zero attached hydrogens (tertiary/aromatic N) is 1. The third-order valence-corrected chi connectivity index (χ3v) is 2.87. The average molecular weight is 298 g/mol. The van der Waals surface area contributed by atoms with Crippen LogP contribution in [-0.4, -0.2) is 31.5 Å². The summed E-state index contributed by atoms with van der Waals surface area (Å²) >= 11 is 3.36. The molecule has 0 heterocycles. The minimum atomic E-state index is -0.0312. The molecule has 1 amide bonds. The van der Waals surface area contributed by atoms with E-state index in [1.807, 2.05) is 6.92 Å². The summed E-state index contributed by atoms with van der Waals surface area (Å²) in [5.74, 6) is 0.681. The number of hydrogen-bond donors (Lipinski definition) is 0. The Hall–Kier alpha value is -1.29. The zero-order valence-corrected chi connectivity index (χ0v) is 11.9. The molecule has 3 nitrogen and oxygen atoms in total. The maximum absolute atomic E-state index is 12.1. The molecule has 0 saturated carbocycles. The third kappa shape index (κ3) is 3.60. The maximum atomic E-state index is 12.1. The second-order valence-electron chi connectivity index (χ2n) is 3.97. The number of likely N-dealkylation sites (N-methyl/N-ethyl adjacent to an activating group) is 1. The number of ether oxygens (including phenoxy) is 1. The Bertz CT molecular complexity index is 443. The van der Waals surface area contributed by atoms with Gasteiger partial charge in [0.25, 0.3) is 5.91 Å². The summed E-state index contributed by atoms with van der Waals surface area (Å²) in [6.45, 7) is 6.25. The van der Waals surface area contributed by atoms with Crippen LogP contribution in [-0.2, 0) is 0 Å².